The summed E-state index contributed by atoms with van der Waals surface area (Å²) in [4.78, 5) is 17.0. The highest BCUT2D eigenvalue weighted by molar-refractivity contribution is 7.20. The number of aryl methyl sites for hydroxylation is 1. The maximum atomic E-state index is 12.1. The molecule has 0 saturated carbocycles. The van der Waals surface area contributed by atoms with Gasteiger partial charge in [-0.05, 0) is 48.7 Å². The molecular weight excluding hydrogens is 284 g/mol. The van der Waals surface area contributed by atoms with E-state index >= 15 is 0 Å². The van der Waals surface area contributed by atoms with Crippen LogP contribution in [0, 0.1) is 6.92 Å². The van der Waals surface area contributed by atoms with E-state index in [0.717, 1.165) is 21.5 Å². The average molecular weight is 298 g/mol. The summed E-state index contributed by atoms with van der Waals surface area (Å²) in [5, 5.41) is 0.959. The summed E-state index contributed by atoms with van der Waals surface area (Å²) >= 11 is 1.40. The molecule has 3 rings (SSSR count). The van der Waals surface area contributed by atoms with Crippen molar-refractivity contribution in [3.05, 3.63) is 58.7 Å². The number of nitrogen functional groups attached to an aromatic ring is 1. The quantitative estimate of drug-likeness (QED) is 0.593. The van der Waals surface area contributed by atoms with E-state index in [1.165, 1.54) is 11.3 Å². The Hall–Kier alpha value is -2.40. The Labute approximate surface area is 126 Å². The summed E-state index contributed by atoms with van der Waals surface area (Å²) in [6.45, 7) is 2.08. The van der Waals surface area contributed by atoms with Gasteiger partial charge in [0.1, 0.15) is 11.5 Å². The van der Waals surface area contributed by atoms with Crippen molar-refractivity contribution in [3.63, 3.8) is 0 Å². The highest BCUT2D eigenvalue weighted by Crippen LogP contribution is 2.27. The molecule has 5 heteroatoms. The number of thiophene rings is 1. The molecule has 106 valence electrons. The Morgan fingerprint density at radius 3 is 2.95 bits per heavy atom. The van der Waals surface area contributed by atoms with Gasteiger partial charge in [-0.1, -0.05) is 6.07 Å². The Morgan fingerprint density at radius 2 is 2.14 bits per heavy atom. The first kappa shape index (κ1) is 13.6. The molecule has 0 saturated heterocycles. The van der Waals surface area contributed by atoms with Gasteiger partial charge in [0.05, 0.1) is 5.69 Å². The number of ether oxygens (including phenoxy) is 1. The van der Waals surface area contributed by atoms with Gasteiger partial charge in [0.15, 0.2) is 0 Å². The lowest BCUT2D eigenvalue weighted by atomic mass is 10.2. The maximum Gasteiger partial charge on any atom is 0.348 e. The first-order valence-electron chi connectivity index (χ1n) is 6.50. The molecule has 2 heterocycles. The first-order valence-corrected chi connectivity index (χ1v) is 7.32. The normalized spacial score (nSPS) is 10.7. The van der Waals surface area contributed by atoms with Crippen LogP contribution in [0.15, 0.2) is 42.5 Å². The number of carbonyl (C=O) groups excluding carboxylic acids is 1. The molecule has 0 fully saturated rings. The van der Waals surface area contributed by atoms with Crippen LogP contribution in [0.3, 0.4) is 0 Å². The number of aromatic nitrogens is 1. The number of rotatable bonds is 3. The Balaban J connectivity index is 1.74. The van der Waals surface area contributed by atoms with Crippen LogP contribution in [0.2, 0.25) is 0 Å². The molecule has 21 heavy (non-hydrogen) atoms. The van der Waals surface area contributed by atoms with Crippen molar-refractivity contribution in [2.75, 3.05) is 5.73 Å². The number of nitrogens with two attached hydrogens (primary N) is 1. The molecule has 0 spiro atoms. The number of carbonyl (C=O) groups is 1. The summed E-state index contributed by atoms with van der Waals surface area (Å²) in [7, 11) is 0. The summed E-state index contributed by atoms with van der Waals surface area (Å²) in [6.07, 6.45) is 0. The third kappa shape index (κ3) is 3.03. The Bertz CT molecular complexity index is 811. The second-order valence-corrected chi connectivity index (χ2v) is 5.84. The number of hydrogen-bond donors (Lipinski definition) is 1. The SMILES string of the molecule is Cc1cccc(COC(=O)c2cc3cc(N)ccc3s2)n1. The molecule has 4 nitrogen and oxygen atoms in total. The lowest BCUT2D eigenvalue weighted by Crippen LogP contribution is -2.04. The molecule has 0 aliphatic rings. The van der Waals surface area contributed by atoms with Gasteiger partial charge in [-0.3, -0.25) is 4.98 Å². The summed E-state index contributed by atoms with van der Waals surface area (Å²) in [6, 6.07) is 13.0. The molecule has 0 amide bonds. The summed E-state index contributed by atoms with van der Waals surface area (Å²) in [5.41, 5.74) is 8.07. The van der Waals surface area contributed by atoms with Crippen LogP contribution < -0.4 is 5.73 Å². The van der Waals surface area contributed by atoms with E-state index in [0.29, 0.717) is 10.6 Å². The van der Waals surface area contributed by atoms with E-state index in [9.17, 15) is 4.79 Å². The van der Waals surface area contributed by atoms with E-state index in [1.807, 2.05) is 49.4 Å². The van der Waals surface area contributed by atoms with Crippen LogP contribution in [0.5, 0.6) is 0 Å². The van der Waals surface area contributed by atoms with Gasteiger partial charge in [-0.2, -0.15) is 0 Å². The van der Waals surface area contributed by atoms with Crippen LogP contribution in [0.1, 0.15) is 21.1 Å². The van der Waals surface area contributed by atoms with Gasteiger partial charge in [-0.15, -0.1) is 11.3 Å². The fourth-order valence-corrected chi connectivity index (χ4v) is 2.99. The predicted molar refractivity (Wildman–Crippen MR) is 84.3 cm³/mol. The van der Waals surface area contributed by atoms with E-state index < -0.39 is 0 Å². The Kier molecular flexibility index (Phi) is 3.58. The average Bonchev–Trinajstić information content (AvgIpc) is 2.88. The Morgan fingerprint density at radius 1 is 1.29 bits per heavy atom. The molecule has 1 aromatic carbocycles. The number of fused-ring (bicyclic) bond motifs is 1. The van der Waals surface area contributed by atoms with E-state index in [1.54, 1.807) is 0 Å². The summed E-state index contributed by atoms with van der Waals surface area (Å²) in [5.74, 6) is -0.335. The van der Waals surface area contributed by atoms with Crippen molar-refractivity contribution < 1.29 is 9.53 Å². The smallest absolute Gasteiger partial charge is 0.348 e. The lowest BCUT2D eigenvalue weighted by Gasteiger charge is -2.03. The first-order chi connectivity index (χ1) is 10.1. The molecule has 0 radical (unpaired) electrons. The van der Waals surface area contributed by atoms with Crippen LogP contribution in [-0.4, -0.2) is 11.0 Å². The molecule has 0 atom stereocenters. The number of benzene rings is 1. The van der Waals surface area contributed by atoms with Crippen molar-refractivity contribution in [2.24, 2.45) is 0 Å². The standard InChI is InChI=1S/C16H14N2O2S/c1-10-3-2-4-13(18-10)9-20-16(19)15-8-11-7-12(17)5-6-14(11)21-15/h2-8H,9,17H2,1H3. The minimum Gasteiger partial charge on any atom is -0.455 e. The fraction of sp³-hybridized carbons (Fsp3) is 0.125. The molecule has 0 bridgehead atoms. The van der Waals surface area contributed by atoms with Gasteiger partial charge in [0.25, 0.3) is 0 Å². The number of nitrogens with zero attached hydrogens (tertiary/aromatic N) is 1. The molecule has 2 N–H and O–H groups in total. The van der Waals surface area contributed by atoms with Crippen molar-refractivity contribution in [2.45, 2.75) is 13.5 Å². The topological polar surface area (TPSA) is 65.2 Å². The number of anilines is 1. The largest absolute Gasteiger partial charge is 0.455 e. The van der Waals surface area contributed by atoms with Crippen LogP contribution in [-0.2, 0) is 11.3 Å². The number of pyridine rings is 1. The van der Waals surface area contributed by atoms with Crippen molar-refractivity contribution in [3.8, 4) is 0 Å². The van der Waals surface area contributed by atoms with E-state index in [4.69, 9.17) is 10.5 Å². The predicted octanol–water partition coefficient (Wildman–Crippen LogP) is 3.54. The third-order valence-electron chi connectivity index (χ3n) is 3.04. The zero-order chi connectivity index (χ0) is 14.8. The molecule has 0 aliphatic carbocycles. The minimum absolute atomic E-state index is 0.177. The van der Waals surface area contributed by atoms with Gasteiger partial charge in [-0.25, -0.2) is 4.79 Å². The van der Waals surface area contributed by atoms with Gasteiger partial charge in [0, 0.05) is 16.1 Å². The second-order valence-electron chi connectivity index (χ2n) is 4.75. The van der Waals surface area contributed by atoms with Crippen molar-refractivity contribution in [1.82, 2.24) is 4.98 Å². The molecule has 0 aliphatic heterocycles. The highest BCUT2D eigenvalue weighted by atomic mass is 32.1. The van der Waals surface area contributed by atoms with E-state index in [2.05, 4.69) is 4.98 Å². The zero-order valence-corrected chi connectivity index (χ0v) is 12.3. The van der Waals surface area contributed by atoms with Gasteiger partial charge >= 0.3 is 5.97 Å². The zero-order valence-electron chi connectivity index (χ0n) is 11.5. The van der Waals surface area contributed by atoms with Crippen molar-refractivity contribution in [1.29, 1.82) is 0 Å². The number of hydrogen-bond acceptors (Lipinski definition) is 5. The molecule has 2 aromatic heterocycles. The third-order valence-corrected chi connectivity index (χ3v) is 4.13. The molecule has 0 unspecified atom stereocenters. The minimum atomic E-state index is -0.335. The van der Waals surface area contributed by atoms with Crippen molar-refractivity contribution >= 4 is 33.1 Å². The molecular formula is C16H14N2O2S. The molecule has 3 aromatic rings. The monoisotopic (exact) mass is 298 g/mol. The van der Waals surface area contributed by atoms with Crippen LogP contribution >= 0.6 is 11.3 Å². The maximum absolute atomic E-state index is 12.1. The number of esters is 1. The fourth-order valence-electron chi connectivity index (χ4n) is 2.05. The van der Waals surface area contributed by atoms with Gasteiger partial charge < -0.3 is 10.5 Å². The van der Waals surface area contributed by atoms with E-state index in [-0.39, 0.29) is 12.6 Å². The van der Waals surface area contributed by atoms with Crippen LogP contribution in [0.25, 0.3) is 10.1 Å². The lowest BCUT2D eigenvalue weighted by molar-refractivity contribution is 0.0473. The second kappa shape index (κ2) is 5.54. The van der Waals surface area contributed by atoms with Gasteiger partial charge in [0.2, 0.25) is 0 Å². The highest BCUT2D eigenvalue weighted by Gasteiger charge is 2.12. The summed E-state index contributed by atoms with van der Waals surface area (Å²) < 4.78 is 6.33. The van der Waals surface area contributed by atoms with Crippen LogP contribution in [0.4, 0.5) is 5.69 Å².